The Kier molecular flexibility index (Phi) is 7.51. The Morgan fingerprint density at radius 1 is 1.30 bits per heavy atom. The van der Waals surface area contributed by atoms with Crippen molar-refractivity contribution in [3.8, 4) is 0 Å². The predicted octanol–water partition coefficient (Wildman–Crippen LogP) is 1.83. The van der Waals surface area contributed by atoms with Gasteiger partial charge in [-0.25, -0.2) is 0 Å². The molecule has 0 saturated heterocycles. The fourth-order valence-electron chi connectivity index (χ4n) is 2.21. The standard InChI is InChI=1S/C14H28ClN5/c1-5-19(6-2)8-7-13(16)14-12(15)11-17-20(14)10-9-18(3)4/h11,13H,5-10,16H2,1-4H3. The molecule has 1 heterocycles. The molecule has 1 aromatic rings. The first-order valence-electron chi connectivity index (χ1n) is 7.33. The highest BCUT2D eigenvalue weighted by Crippen LogP contribution is 2.23. The molecule has 1 aromatic heterocycles. The zero-order valence-corrected chi connectivity index (χ0v) is 13.9. The van der Waals surface area contributed by atoms with Gasteiger partial charge in [-0.05, 0) is 40.2 Å². The highest BCUT2D eigenvalue weighted by molar-refractivity contribution is 6.31. The molecule has 6 heteroatoms. The van der Waals surface area contributed by atoms with Gasteiger partial charge in [-0.1, -0.05) is 25.4 Å². The summed E-state index contributed by atoms with van der Waals surface area (Å²) in [6.45, 7) is 9.17. The summed E-state index contributed by atoms with van der Waals surface area (Å²) in [4.78, 5) is 4.50. The van der Waals surface area contributed by atoms with E-state index in [9.17, 15) is 0 Å². The second kappa shape index (κ2) is 8.62. The number of rotatable bonds is 9. The second-order valence-electron chi connectivity index (χ2n) is 5.33. The zero-order chi connectivity index (χ0) is 15.1. The third-order valence-electron chi connectivity index (χ3n) is 3.59. The summed E-state index contributed by atoms with van der Waals surface area (Å²) in [6, 6.07) is -0.0623. The van der Waals surface area contributed by atoms with Crippen LogP contribution in [0.2, 0.25) is 5.02 Å². The minimum atomic E-state index is -0.0623. The molecule has 0 bridgehead atoms. The van der Waals surface area contributed by atoms with Crippen LogP contribution in [0.25, 0.3) is 0 Å². The lowest BCUT2D eigenvalue weighted by Gasteiger charge is -2.21. The van der Waals surface area contributed by atoms with E-state index in [2.05, 4.69) is 28.7 Å². The molecular formula is C14H28ClN5. The molecule has 0 aliphatic rings. The van der Waals surface area contributed by atoms with Gasteiger partial charge >= 0.3 is 0 Å². The summed E-state index contributed by atoms with van der Waals surface area (Å²) in [7, 11) is 4.09. The lowest BCUT2D eigenvalue weighted by molar-refractivity contribution is 0.287. The minimum Gasteiger partial charge on any atom is -0.323 e. The number of hydrogen-bond acceptors (Lipinski definition) is 4. The van der Waals surface area contributed by atoms with E-state index in [1.54, 1.807) is 6.20 Å². The fraction of sp³-hybridized carbons (Fsp3) is 0.786. The first-order chi connectivity index (χ1) is 9.49. The monoisotopic (exact) mass is 301 g/mol. The zero-order valence-electron chi connectivity index (χ0n) is 13.1. The Labute approximate surface area is 127 Å². The van der Waals surface area contributed by atoms with Gasteiger partial charge in [-0.15, -0.1) is 0 Å². The van der Waals surface area contributed by atoms with Crippen molar-refractivity contribution < 1.29 is 0 Å². The van der Waals surface area contributed by atoms with Gasteiger partial charge in [0.15, 0.2) is 0 Å². The maximum absolute atomic E-state index is 6.32. The molecule has 0 radical (unpaired) electrons. The number of nitrogens with two attached hydrogens (primary N) is 1. The van der Waals surface area contributed by atoms with Gasteiger partial charge in [0, 0.05) is 12.6 Å². The van der Waals surface area contributed by atoms with Gasteiger partial charge in [0.2, 0.25) is 0 Å². The van der Waals surface area contributed by atoms with Crippen molar-refractivity contribution in [1.29, 1.82) is 0 Å². The molecule has 2 N–H and O–H groups in total. The number of nitrogens with zero attached hydrogens (tertiary/aromatic N) is 4. The number of likely N-dealkylation sites (N-methyl/N-ethyl adjacent to an activating group) is 1. The molecule has 1 unspecified atom stereocenters. The van der Waals surface area contributed by atoms with Crippen molar-refractivity contribution in [2.75, 3.05) is 40.3 Å². The van der Waals surface area contributed by atoms with E-state index >= 15 is 0 Å². The molecule has 116 valence electrons. The summed E-state index contributed by atoms with van der Waals surface area (Å²) in [5, 5.41) is 5.02. The van der Waals surface area contributed by atoms with Crippen molar-refractivity contribution in [3.05, 3.63) is 16.9 Å². The van der Waals surface area contributed by atoms with Crippen LogP contribution in [0.4, 0.5) is 0 Å². The van der Waals surface area contributed by atoms with Crippen LogP contribution in [-0.4, -0.2) is 59.9 Å². The summed E-state index contributed by atoms with van der Waals surface area (Å²) in [5.41, 5.74) is 7.28. The summed E-state index contributed by atoms with van der Waals surface area (Å²) in [5.74, 6) is 0. The normalized spacial score (nSPS) is 13.4. The maximum atomic E-state index is 6.32. The van der Waals surface area contributed by atoms with E-state index in [0.29, 0.717) is 5.02 Å². The number of hydrogen-bond donors (Lipinski definition) is 1. The van der Waals surface area contributed by atoms with Gasteiger partial charge < -0.3 is 15.5 Å². The Morgan fingerprint density at radius 2 is 1.95 bits per heavy atom. The lowest BCUT2D eigenvalue weighted by Crippen LogP contribution is -2.28. The van der Waals surface area contributed by atoms with Gasteiger partial charge in [0.1, 0.15) is 0 Å². The molecule has 1 atom stereocenters. The van der Waals surface area contributed by atoms with Crippen LogP contribution in [0.3, 0.4) is 0 Å². The first kappa shape index (κ1) is 17.4. The van der Waals surface area contributed by atoms with Gasteiger partial charge in [0.05, 0.1) is 23.5 Å². The van der Waals surface area contributed by atoms with Crippen molar-refractivity contribution in [1.82, 2.24) is 19.6 Å². The van der Waals surface area contributed by atoms with Gasteiger partial charge in [-0.3, -0.25) is 4.68 Å². The predicted molar refractivity (Wildman–Crippen MR) is 85.1 cm³/mol. The van der Waals surface area contributed by atoms with E-state index < -0.39 is 0 Å². The molecule has 20 heavy (non-hydrogen) atoms. The SMILES string of the molecule is CCN(CC)CCC(N)c1c(Cl)cnn1CCN(C)C. The van der Waals surface area contributed by atoms with Crippen LogP contribution in [0, 0.1) is 0 Å². The smallest absolute Gasteiger partial charge is 0.0834 e. The third-order valence-corrected chi connectivity index (χ3v) is 3.89. The molecule has 5 nitrogen and oxygen atoms in total. The molecule has 0 amide bonds. The summed E-state index contributed by atoms with van der Waals surface area (Å²) in [6.07, 6.45) is 2.60. The molecule has 0 aliphatic heterocycles. The average molecular weight is 302 g/mol. The third kappa shape index (κ3) is 5.05. The Morgan fingerprint density at radius 3 is 2.50 bits per heavy atom. The average Bonchev–Trinajstić information content (AvgIpc) is 2.78. The molecule has 0 fully saturated rings. The Bertz CT molecular complexity index is 387. The number of halogens is 1. The molecule has 0 saturated carbocycles. The first-order valence-corrected chi connectivity index (χ1v) is 7.71. The van der Waals surface area contributed by atoms with E-state index in [0.717, 1.165) is 44.8 Å². The van der Waals surface area contributed by atoms with Gasteiger partial charge in [-0.2, -0.15) is 5.10 Å². The largest absolute Gasteiger partial charge is 0.323 e. The van der Waals surface area contributed by atoms with Crippen LogP contribution in [0.15, 0.2) is 6.20 Å². The molecular weight excluding hydrogens is 274 g/mol. The number of aromatic nitrogens is 2. The lowest BCUT2D eigenvalue weighted by atomic mass is 10.1. The quantitative estimate of drug-likeness (QED) is 0.756. The highest BCUT2D eigenvalue weighted by atomic mass is 35.5. The van der Waals surface area contributed by atoms with E-state index in [1.165, 1.54) is 0 Å². The van der Waals surface area contributed by atoms with Crippen molar-refractivity contribution in [3.63, 3.8) is 0 Å². The van der Waals surface area contributed by atoms with Gasteiger partial charge in [0.25, 0.3) is 0 Å². The molecule has 0 spiro atoms. The van der Waals surface area contributed by atoms with E-state index in [1.807, 2.05) is 18.8 Å². The summed E-state index contributed by atoms with van der Waals surface area (Å²) >= 11 is 6.25. The Balaban J connectivity index is 2.66. The maximum Gasteiger partial charge on any atom is 0.0834 e. The minimum absolute atomic E-state index is 0.0623. The van der Waals surface area contributed by atoms with Crippen molar-refractivity contribution in [2.45, 2.75) is 32.9 Å². The van der Waals surface area contributed by atoms with E-state index in [-0.39, 0.29) is 6.04 Å². The molecule has 0 aromatic carbocycles. The van der Waals surface area contributed by atoms with Crippen LogP contribution in [0.1, 0.15) is 32.0 Å². The van der Waals surface area contributed by atoms with Crippen molar-refractivity contribution in [2.24, 2.45) is 5.73 Å². The van der Waals surface area contributed by atoms with Crippen LogP contribution < -0.4 is 5.73 Å². The van der Waals surface area contributed by atoms with Crippen molar-refractivity contribution >= 4 is 11.6 Å². The molecule has 1 rings (SSSR count). The van der Waals surface area contributed by atoms with Crippen LogP contribution in [-0.2, 0) is 6.54 Å². The molecule has 0 aliphatic carbocycles. The summed E-state index contributed by atoms with van der Waals surface area (Å²) < 4.78 is 1.94. The topological polar surface area (TPSA) is 50.3 Å². The van der Waals surface area contributed by atoms with Crippen LogP contribution in [0.5, 0.6) is 0 Å². The highest BCUT2D eigenvalue weighted by Gasteiger charge is 2.17. The second-order valence-corrected chi connectivity index (χ2v) is 5.73. The Hall–Kier alpha value is -0.620. The fourth-order valence-corrected chi connectivity index (χ4v) is 2.49. The van der Waals surface area contributed by atoms with Crippen LogP contribution >= 0.6 is 11.6 Å². The van der Waals surface area contributed by atoms with E-state index in [4.69, 9.17) is 17.3 Å².